The molecule has 0 aliphatic rings. The van der Waals surface area contributed by atoms with Crippen molar-refractivity contribution < 1.29 is 0 Å². The topological polar surface area (TPSA) is 12.9 Å². The Hall–Kier alpha value is -1.45. The molecule has 0 amide bonds. The number of aromatic nitrogens is 1. The van der Waals surface area contributed by atoms with Gasteiger partial charge in [-0.25, -0.2) is 4.98 Å². The second-order valence-electron chi connectivity index (χ2n) is 9.75. The van der Waals surface area contributed by atoms with Crippen LogP contribution >= 0.6 is 28.3 Å². The molecule has 0 fully saturated rings. The Morgan fingerprint density at radius 1 is 0.765 bits per heavy atom. The van der Waals surface area contributed by atoms with Crippen molar-refractivity contribution in [3.05, 3.63) is 87.4 Å². The van der Waals surface area contributed by atoms with Crippen molar-refractivity contribution in [2.24, 2.45) is 0 Å². The fraction of sp³-hybridized carbons (Fsp3) is 0.516. The number of nitrogens with zero attached hydrogens (tertiary/aromatic N) is 1. The van der Waals surface area contributed by atoms with Crippen LogP contribution in [-0.2, 0) is 0 Å². The number of halogens is 1. The molecule has 3 heteroatoms. The molecule has 34 heavy (non-hydrogen) atoms. The van der Waals surface area contributed by atoms with E-state index in [1.807, 2.05) is 11.3 Å². The first-order valence-corrected chi connectivity index (χ1v) is 14.0. The number of unbranched alkanes of at least 4 members (excludes halogenated alkanes) is 6. The van der Waals surface area contributed by atoms with Gasteiger partial charge in [0.25, 0.3) is 0 Å². The zero-order valence-electron chi connectivity index (χ0n) is 21.6. The molecule has 1 aromatic heterocycles. The van der Waals surface area contributed by atoms with E-state index < -0.39 is 0 Å². The molecule has 2 aromatic carbocycles. The summed E-state index contributed by atoms with van der Waals surface area (Å²) in [5, 5.41) is 1.32. The Balaban J connectivity index is 0.00000408. The Labute approximate surface area is 223 Å². The third-order valence-corrected chi connectivity index (χ3v) is 8.46. The quantitative estimate of drug-likeness (QED) is 0.185. The third kappa shape index (κ3) is 8.64. The molecule has 0 aliphatic carbocycles. The van der Waals surface area contributed by atoms with Gasteiger partial charge in [-0.05, 0) is 49.7 Å². The van der Waals surface area contributed by atoms with Crippen LogP contribution in [0.3, 0.4) is 0 Å². The van der Waals surface area contributed by atoms with Crippen LogP contribution in [0.15, 0.2) is 60.7 Å². The first-order chi connectivity index (χ1) is 16.1. The Bertz CT molecular complexity index is 902. The summed E-state index contributed by atoms with van der Waals surface area (Å²) in [6.45, 7) is 9.07. The van der Waals surface area contributed by atoms with Crippen LogP contribution in [0.2, 0.25) is 0 Å². The maximum atomic E-state index is 5.06. The van der Waals surface area contributed by atoms with E-state index in [2.05, 4.69) is 88.4 Å². The smallest absolute Gasteiger partial charge is 0.0968 e. The molecule has 3 aromatic rings. The Morgan fingerprint density at radius 3 is 1.88 bits per heavy atom. The van der Waals surface area contributed by atoms with Crippen molar-refractivity contribution in [3.63, 3.8) is 0 Å². The van der Waals surface area contributed by atoms with Gasteiger partial charge in [0, 0.05) is 10.8 Å². The predicted octanol–water partition coefficient (Wildman–Crippen LogP) is 10.5. The fourth-order valence-electron chi connectivity index (χ4n) is 4.96. The summed E-state index contributed by atoms with van der Waals surface area (Å²) in [4.78, 5) is 6.42. The fourth-order valence-corrected chi connectivity index (χ4v) is 6.11. The van der Waals surface area contributed by atoms with Crippen molar-refractivity contribution in [2.75, 3.05) is 0 Å². The van der Waals surface area contributed by atoms with Gasteiger partial charge in [-0.1, -0.05) is 119 Å². The van der Waals surface area contributed by atoms with Crippen molar-refractivity contribution >= 4 is 28.3 Å². The Morgan fingerprint density at radius 2 is 1.32 bits per heavy atom. The lowest BCUT2D eigenvalue weighted by Crippen LogP contribution is -2.13. The van der Waals surface area contributed by atoms with Crippen LogP contribution in [0.4, 0.5) is 0 Å². The highest BCUT2D eigenvalue weighted by molar-refractivity contribution is 8.93. The molecule has 0 saturated heterocycles. The lowest BCUT2D eigenvalue weighted by molar-refractivity contribution is 0.440. The lowest BCUT2D eigenvalue weighted by Gasteiger charge is -2.28. The summed E-state index contributed by atoms with van der Waals surface area (Å²) in [5.41, 5.74) is 4.12. The molecule has 186 valence electrons. The zero-order chi connectivity index (χ0) is 23.5. The zero-order valence-corrected chi connectivity index (χ0v) is 24.2. The van der Waals surface area contributed by atoms with Crippen molar-refractivity contribution in [3.8, 4) is 0 Å². The van der Waals surface area contributed by atoms with E-state index in [0.717, 1.165) is 0 Å². The van der Waals surface area contributed by atoms with Crippen LogP contribution in [0.5, 0.6) is 0 Å². The van der Waals surface area contributed by atoms with Gasteiger partial charge in [0.2, 0.25) is 0 Å². The van der Waals surface area contributed by atoms with Crippen LogP contribution in [0, 0.1) is 13.8 Å². The lowest BCUT2D eigenvalue weighted by atomic mass is 9.78. The van der Waals surface area contributed by atoms with E-state index >= 15 is 0 Å². The summed E-state index contributed by atoms with van der Waals surface area (Å²) >= 11 is 1.91. The molecule has 0 bridgehead atoms. The van der Waals surface area contributed by atoms with Crippen molar-refractivity contribution in [1.29, 1.82) is 0 Å². The maximum absolute atomic E-state index is 5.06. The van der Waals surface area contributed by atoms with E-state index in [0.29, 0.717) is 17.8 Å². The largest absolute Gasteiger partial charge is 0.246 e. The standard InChI is InChI=1S/C31H43NS.BrH/c1-5-6-7-8-9-10-13-22-29(28-20-16-12-17-21-28)23-30(31-32-25(3)26(4)33-31)24(2)27-18-14-11-15-19-27;/h11-12,14-21,24,29-30H,5-10,13,22-23H2,1-4H3;1H. The molecule has 3 unspecified atom stereocenters. The number of hydrogen-bond donors (Lipinski definition) is 0. The summed E-state index contributed by atoms with van der Waals surface area (Å²) < 4.78 is 0. The van der Waals surface area contributed by atoms with Gasteiger partial charge in [0.1, 0.15) is 0 Å². The molecule has 3 atom stereocenters. The molecule has 1 heterocycles. The van der Waals surface area contributed by atoms with Crippen molar-refractivity contribution in [2.45, 2.75) is 103 Å². The minimum Gasteiger partial charge on any atom is -0.246 e. The number of thiazole rings is 1. The summed E-state index contributed by atoms with van der Waals surface area (Å²) in [5.74, 6) is 1.48. The molecular weight excluding hydrogens is 498 g/mol. The third-order valence-electron chi connectivity index (χ3n) is 7.26. The summed E-state index contributed by atoms with van der Waals surface area (Å²) in [6.07, 6.45) is 12.0. The van der Waals surface area contributed by atoms with E-state index in [9.17, 15) is 0 Å². The highest BCUT2D eigenvalue weighted by Gasteiger charge is 2.28. The number of aryl methyl sites for hydroxylation is 2. The summed E-state index contributed by atoms with van der Waals surface area (Å²) in [6, 6.07) is 22.3. The molecule has 0 spiro atoms. The first-order valence-electron chi connectivity index (χ1n) is 13.1. The first kappa shape index (κ1) is 28.8. The van der Waals surface area contributed by atoms with E-state index in [1.54, 1.807) is 0 Å². The monoisotopic (exact) mass is 541 g/mol. The maximum Gasteiger partial charge on any atom is 0.0968 e. The predicted molar refractivity (Wildman–Crippen MR) is 156 cm³/mol. The molecule has 3 rings (SSSR count). The molecule has 0 radical (unpaired) electrons. The minimum absolute atomic E-state index is 0. The molecule has 0 aliphatic heterocycles. The minimum atomic E-state index is 0. The molecule has 0 N–H and O–H groups in total. The van der Waals surface area contributed by atoms with Gasteiger partial charge >= 0.3 is 0 Å². The average Bonchev–Trinajstić information content (AvgIpc) is 3.18. The van der Waals surface area contributed by atoms with Crippen LogP contribution in [0.25, 0.3) is 0 Å². The SMILES string of the molecule is Br.CCCCCCCCCC(CC(c1nc(C)c(C)s1)C(C)c1ccccc1)c1ccccc1. The van der Waals surface area contributed by atoms with Gasteiger partial charge in [0.05, 0.1) is 10.7 Å². The van der Waals surface area contributed by atoms with Gasteiger partial charge in [-0.2, -0.15) is 0 Å². The highest BCUT2D eigenvalue weighted by atomic mass is 79.9. The Kier molecular flexibility index (Phi) is 13.1. The van der Waals surface area contributed by atoms with Gasteiger partial charge < -0.3 is 0 Å². The van der Waals surface area contributed by atoms with Gasteiger partial charge in [0.15, 0.2) is 0 Å². The number of hydrogen-bond acceptors (Lipinski definition) is 2. The molecule has 1 nitrogen and oxygen atoms in total. The van der Waals surface area contributed by atoms with E-state index in [4.69, 9.17) is 4.98 Å². The van der Waals surface area contributed by atoms with E-state index in [1.165, 1.54) is 84.5 Å². The normalized spacial score (nSPS) is 13.8. The number of benzene rings is 2. The summed E-state index contributed by atoms with van der Waals surface area (Å²) in [7, 11) is 0. The second-order valence-corrected chi connectivity index (χ2v) is 11.0. The van der Waals surface area contributed by atoms with Crippen LogP contribution < -0.4 is 0 Å². The van der Waals surface area contributed by atoms with Crippen molar-refractivity contribution in [1.82, 2.24) is 4.98 Å². The van der Waals surface area contributed by atoms with E-state index in [-0.39, 0.29) is 17.0 Å². The van der Waals surface area contributed by atoms with Gasteiger partial charge in [-0.3, -0.25) is 0 Å². The molecule has 0 saturated carbocycles. The van der Waals surface area contributed by atoms with Crippen LogP contribution in [-0.4, -0.2) is 4.98 Å². The second kappa shape index (κ2) is 15.5. The molecular formula is C31H44BrNS. The average molecular weight is 543 g/mol. The van der Waals surface area contributed by atoms with Crippen LogP contribution in [0.1, 0.15) is 116 Å². The highest BCUT2D eigenvalue weighted by Crippen LogP contribution is 2.43. The van der Waals surface area contributed by atoms with Gasteiger partial charge in [-0.15, -0.1) is 28.3 Å². The number of rotatable bonds is 14.